The Morgan fingerprint density at radius 2 is 2.38 bits per heavy atom. The fourth-order valence-electron chi connectivity index (χ4n) is 1.10. The van der Waals surface area contributed by atoms with Crippen molar-refractivity contribution in [2.24, 2.45) is 4.99 Å². The van der Waals surface area contributed by atoms with Crippen LogP contribution in [0.3, 0.4) is 0 Å². The summed E-state index contributed by atoms with van der Waals surface area (Å²) in [4.78, 5) is 23.4. The summed E-state index contributed by atoms with van der Waals surface area (Å²) in [6, 6.07) is 0. The summed E-state index contributed by atoms with van der Waals surface area (Å²) in [5, 5.41) is 2.82. The normalized spacial score (nSPS) is 14.1. The maximum absolute atomic E-state index is 11.3. The molecule has 1 aromatic rings. The number of ketones is 1. The largest absolute Gasteiger partial charge is 0.372 e. The highest BCUT2D eigenvalue weighted by Gasteiger charge is 2.17. The minimum absolute atomic E-state index is 0.0328. The second-order valence-electron chi connectivity index (χ2n) is 2.62. The van der Waals surface area contributed by atoms with Crippen LogP contribution in [-0.2, 0) is 0 Å². The van der Waals surface area contributed by atoms with Gasteiger partial charge in [0, 0.05) is 19.7 Å². The molecule has 0 atom stereocenters. The van der Waals surface area contributed by atoms with E-state index in [-0.39, 0.29) is 5.78 Å². The lowest BCUT2D eigenvalue weighted by Crippen LogP contribution is -2.09. The number of fused-ring (bicyclic) bond motifs is 1. The van der Waals surface area contributed by atoms with Gasteiger partial charge in [0.2, 0.25) is 0 Å². The summed E-state index contributed by atoms with van der Waals surface area (Å²) < 4.78 is 0. The second-order valence-corrected chi connectivity index (χ2v) is 2.62. The molecular weight excluding hydrogens is 168 g/mol. The predicted octanol–water partition coefficient (Wildman–Crippen LogP) is 0.807. The van der Waals surface area contributed by atoms with Crippen molar-refractivity contribution >= 4 is 23.6 Å². The molecule has 2 heterocycles. The van der Waals surface area contributed by atoms with E-state index in [4.69, 9.17) is 0 Å². The molecule has 0 aromatic carbocycles. The van der Waals surface area contributed by atoms with E-state index in [9.17, 15) is 4.79 Å². The molecule has 1 aromatic heterocycles. The van der Waals surface area contributed by atoms with Gasteiger partial charge >= 0.3 is 0 Å². The first-order valence-electron chi connectivity index (χ1n) is 3.92. The molecule has 0 saturated heterocycles. The van der Waals surface area contributed by atoms with Crippen molar-refractivity contribution in [3.63, 3.8) is 0 Å². The fraction of sp³-hybridized carbons (Fsp3) is 0.250. The van der Waals surface area contributed by atoms with Crippen molar-refractivity contribution in [1.29, 1.82) is 0 Å². The van der Waals surface area contributed by atoms with Crippen molar-refractivity contribution in [3.8, 4) is 0 Å². The van der Waals surface area contributed by atoms with Crippen LogP contribution in [0.2, 0.25) is 0 Å². The van der Waals surface area contributed by atoms with Gasteiger partial charge in [0.15, 0.2) is 17.3 Å². The van der Waals surface area contributed by atoms with Crippen LogP contribution in [-0.4, -0.2) is 29.0 Å². The molecule has 0 fully saturated rings. The lowest BCUT2D eigenvalue weighted by atomic mass is 10.2. The van der Waals surface area contributed by atoms with Gasteiger partial charge in [-0.1, -0.05) is 0 Å². The number of carbonyl (C=O) groups excluding carboxylic acids is 1. The minimum atomic E-state index is -0.0328. The van der Waals surface area contributed by atoms with Crippen molar-refractivity contribution in [2.75, 3.05) is 12.4 Å². The Labute approximate surface area is 74.9 Å². The average Bonchev–Trinajstić information content (AvgIpc) is 2.18. The molecule has 0 radical (unpaired) electrons. The topological polar surface area (TPSA) is 67.2 Å². The average molecular weight is 176 g/mol. The number of nitrogens with one attached hydrogen (secondary N) is 1. The van der Waals surface area contributed by atoms with Crippen LogP contribution in [0, 0.1) is 0 Å². The number of rotatable bonds is 1. The van der Waals surface area contributed by atoms with Gasteiger partial charge in [-0.2, -0.15) is 0 Å². The van der Waals surface area contributed by atoms with E-state index >= 15 is 0 Å². The molecule has 2 rings (SSSR count). The Kier molecular flexibility index (Phi) is 1.77. The first kappa shape index (κ1) is 7.85. The standard InChI is InChI=1S/C8H8N4O/c1-9-6-4-11-8-7(12-6)5(13)2-3-10-8/h3-4H,2H2,1H3,(H,9,12). The number of nitrogens with zero attached hydrogens (tertiary/aromatic N) is 3. The fourth-order valence-corrected chi connectivity index (χ4v) is 1.10. The zero-order valence-corrected chi connectivity index (χ0v) is 7.11. The molecule has 0 amide bonds. The van der Waals surface area contributed by atoms with Gasteiger partial charge in [-0.3, -0.25) is 4.79 Å². The number of carbonyl (C=O) groups is 1. The van der Waals surface area contributed by atoms with E-state index in [1.165, 1.54) is 0 Å². The lowest BCUT2D eigenvalue weighted by Gasteiger charge is -2.07. The third-order valence-electron chi connectivity index (χ3n) is 1.76. The molecule has 1 N–H and O–H groups in total. The Bertz CT molecular complexity index is 386. The second kappa shape index (κ2) is 2.93. The van der Waals surface area contributed by atoms with Crippen molar-refractivity contribution < 1.29 is 4.79 Å². The van der Waals surface area contributed by atoms with Gasteiger partial charge in [0.25, 0.3) is 0 Å². The zero-order valence-electron chi connectivity index (χ0n) is 7.11. The molecule has 0 spiro atoms. The van der Waals surface area contributed by atoms with E-state index in [1.807, 2.05) is 0 Å². The van der Waals surface area contributed by atoms with Crippen LogP contribution in [0.25, 0.3) is 0 Å². The summed E-state index contributed by atoms with van der Waals surface area (Å²) in [6.45, 7) is 0. The van der Waals surface area contributed by atoms with Gasteiger partial charge in [-0.05, 0) is 0 Å². The van der Waals surface area contributed by atoms with E-state index in [0.29, 0.717) is 23.8 Å². The Morgan fingerprint density at radius 3 is 3.15 bits per heavy atom. The number of aliphatic imine (C=N–C) groups is 1. The number of Topliss-reactive ketones (excluding diaryl/α,β-unsaturated/α-hetero) is 1. The number of hydrogen-bond donors (Lipinski definition) is 1. The quantitative estimate of drug-likeness (QED) is 0.687. The van der Waals surface area contributed by atoms with E-state index in [0.717, 1.165) is 0 Å². The highest BCUT2D eigenvalue weighted by atomic mass is 16.1. The maximum atomic E-state index is 11.3. The highest BCUT2D eigenvalue weighted by Crippen LogP contribution is 2.20. The monoisotopic (exact) mass is 176 g/mol. The van der Waals surface area contributed by atoms with Crippen molar-refractivity contribution in [1.82, 2.24) is 9.97 Å². The Hall–Kier alpha value is -1.78. The Morgan fingerprint density at radius 1 is 1.54 bits per heavy atom. The third-order valence-corrected chi connectivity index (χ3v) is 1.76. The summed E-state index contributed by atoms with van der Waals surface area (Å²) in [5.41, 5.74) is 0.356. The van der Waals surface area contributed by atoms with Crippen LogP contribution in [0.4, 0.5) is 11.6 Å². The predicted molar refractivity (Wildman–Crippen MR) is 48.7 cm³/mol. The van der Waals surface area contributed by atoms with E-state index in [2.05, 4.69) is 20.3 Å². The molecule has 0 unspecified atom stereocenters. The third kappa shape index (κ3) is 1.28. The van der Waals surface area contributed by atoms with E-state index < -0.39 is 0 Å². The molecule has 13 heavy (non-hydrogen) atoms. The summed E-state index contributed by atoms with van der Waals surface area (Å²) in [7, 11) is 1.73. The maximum Gasteiger partial charge on any atom is 0.190 e. The molecule has 1 aliphatic rings. The van der Waals surface area contributed by atoms with Gasteiger partial charge in [0.1, 0.15) is 5.82 Å². The van der Waals surface area contributed by atoms with Gasteiger partial charge in [0.05, 0.1) is 6.20 Å². The zero-order chi connectivity index (χ0) is 9.26. The Balaban J connectivity index is 2.54. The van der Waals surface area contributed by atoms with Gasteiger partial charge < -0.3 is 5.32 Å². The SMILES string of the molecule is CNc1cnc2c(n1)C(=O)CC=N2. The minimum Gasteiger partial charge on any atom is -0.372 e. The number of hydrogen-bond acceptors (Lipinski definition) is 5. The molecule has 0 bridgehead atoms. The summed E-state index contributed by atoms with van der Waals surface area (Å²) >= 11 is 0. The van der Waals surface area contributed by atoms with Crippen LogP contribution >= 0.6 is 0 Å². The number of aromatic nitrogens is 2. The molecule has 5 nitrogen and oxygen atoms in total. The molecule has 1 aliphatic heterocycles. The van der Waals surface area contributed by atoms with Crippen LogP contribution in [0.5, 0.6) is 0 Å². The molecule has 0 saturated carbocycles. The highest BCUT2D eigenvalue weighted by molar-refractivity contribution is 6.08. The van der Waals surface area contributed by atoms with Crippen LogP contribution in [0.15, 0.2) is 11.2 Å². The summed E-state index contributed by atoms with van der Waals surface area (Å²) in [5.74, 6) is 0.967. The lowest BCUT2D eigenvalue weighted by molar-refractivity contribution is 0.0996. The number of anilines is 1. The van der Waals surface area contributed by atoms with Crippen LogP contribution in [0.1, 0.15) is 16.9 Å². The molecule has 66 valence electrons. The van der Waals surface area contributed by atoms with Gasteiger partial charge in [-0.25, -0.2) is 15.0 Å². The summed E-state index contributed by atoms with van der Waals surface area (Å²) in [6.07, 6.45) is 3.42. The van der Waals surface area contributed by atoms with Gasteiger partial charge in [-0.15, -0.1) is 0 Å². The molecule has 5 heteroatoms. The van der Waals surface area contributed by atoms with E-state index in [1.54, 1.807) is 19.5 Å². The van der Waals surface area contributed by atoms with Crippen molar-refractivity contribution in [3.05, 3.63) is 11.9 Å². The first-order valence-corrected chi connectivity index (χ1v) is 3.92. The van der Waals surface area contributed by atoms with Crippen molar-refractivity contribution in [2.45, 2.75) is 6.42 Å². The molecule has 0 aliphatic carbocycles. The first-order chi connectivity index (χ1) is 6.31. The smallest absolute Gasteiger partial charge is 0.190 e. The van der Waals surface area contributed by atoms with Crippen LogP contribution < -0.4 is 5.32 Å². The molecular formula is C8H8N4O.